The summed E-state index contributed by atoms with van der Waals surface area (Å²) in [6.45, 7) is 0.712. The molecular formula is C16H18FNO. The summed E-state index contributed by atoms with van der Waals surface area (Å²) in [6, 6.07) is 14.2. The Morgan fingerprint density at radius 3 is 2.05 bits per heavy atom. The molecule has 0 radical (unpaired) electrons. The number of nitrogens with two attached hydrogens (primary N) is 1. The molecule has 0 bridgehead atoms. The molecule has 0 aliphatic heterocycles. The molecule has 0 spiro atoms. The zero-order chi connectivity index (χ0) is 13.7. The topological polar surface area (TPSA) is 35.2 Å². The molecule has 0 saturated heterocycles. The Morgan fingerprint density at radius 1 is 1.00 bits per heavy atom. The standard InChI is InChI=1S/C16H18FNO/c1-19-11-10-12-2-4-13(5-3-12)16(18)14-6-8-15(17)9-7-14/h2-9,16H,10-11,18H2,1H3. The van der Waals surface area contributed by atoms with Gasteiger partial charge in [-0.2, -0.15) is 0 Å². The van der Waals surface area contributed by atoms with Gasteiger partial charge in [0.25, 0.3) is 0 Å². The van der Waals surface area contributed by atoms with Gasteiger partial charge in [0.2, 0.25) is 0 Å². The van der Waals surface area contributed by atoms with Gasteiger partial charge in [0.15, 0.2) is 0 Å². The van der Waals surface area contributed by atoms with Gasteiger partial charge in [0, 0.05) is 7.11 Å². The second-order valence-corrected chi connectivity index (χ2v) is 4.51. The molecule has 19 heavy (non-hydrogen) atoms. The molecule has 0 saturated carbocycles. The van der Waals surface area contributed by atoms with Crippen LogP contribution in [0.25, 0.3) is 0 Å². The van der Waals surface area contributed by atoms with Gasteiger partial charge in [-0.1, -0.05) is 36.4 Å². The maximum Gasteiger partial charge on any atom is 0.123 e. The van der Waals surface area contributed by atoms with Gasteiger partial charge in [-0.3, -0.25) is 0 Å². The van der Waals surface area contributed by atoms with E-state index in [9.17, 15) is 4.39 Å². The Balaban J connectivity index is 2.10. The van der Waals surface area contributed by atoms with Crippen LogP contribution in [0.15, 0.2) is 48.5 Å². The minimum atomic E-state index is -0.245. The summed E-state index contributed by atoms with van der Waals surface area (Å²) < 4.78 is 17.9. The molecule has 0 aromatic heterocycles. The maximum atomic E-state index is 12.9. The van der Waals surface area contributed by atoms with Crippen LogP contribution in [0.1, 0.15) is 22.7 Å². The highest BCUT2D eigenvalue weighted by Gasteiger charge is 2.08. The Morgan fingerprint density at radius 2 is 1.53 bits per heavy atom. The van der Waals surface area contributed by atoms with Crippen LogP contribution in [0, 0.1) is 5.82 Å². The van der Waals surface area contributed by atoms with Crippen molar-refractivity contribution < 1.29 is 9.13 Å². The molecule has 2 aromatic carbocycles. The molecule has 2 N–H and O–H groups in total. The van der Waals surface area contributed by atoms with Gasteiger partial charge >= 0.3 is 0 Å². The first-order valence-electron chi connectivity index (χ1n) is 6.29. The molecule has 0 fully saturated rings. The van der Waals surface area contributed by atoms with Crippen LogP contribution < -0.4 is 5.73 Å². The molecule has 1 unspecified atom stereocenters. The van der Waals surface area contributed by atoms with E-state index in [0.29, 0.717) is 6.61 Å². The average Bonchev–Trinajstić information content (AvgIpc) is 2.46. The van der Waals surface area contributed by atoms with E-state index >= 15 is 0 Å². The van der Waals surface area contributed by atoms with Gasteiger partial charge in [-0.05, 0) is 35.2 Å². The fourth-order valence-corrected chi connectivity index (χ4v) is 1.97. The number of ether oxygens (including phenoxy) is 1. The normalized spacial score (nSPS) is 12.4. The van der Waals surface area contributed by atoms with Crippen molar-refractivity contribution in [2.24, 2.45) is 5.73 Å². The summed E-state index contributed by atoms with van der Waals surface area (Å²) in [4.78, 5) is 0. The number of hydrogen-bond donors (Lipinski definition) is 1. The van der Waals surface area contributed by atoms with E-state index in [4.69, 9.17) is 10.5 Å². The number of hydrogen-bond acceptors (Lipinski definition) is 2. The SMILES string of the molecule is COCCc1ccc(C(N)c2ccc(F)cc2)cc1. The van der Waals surface area contributed by atoms with E-state index in [1.54, 1.807) is 19.2 Å². The third-order valence-electron chi connectivity index (χ3n) is 3.16. The first-order valence-corrected chi connectivity index (χ1v) is 6.29. The number of rotatable bonds is 5. The molecule has 0 heterocycles. The molecular weight excluding hydrogens is 241 g/mol. The predicted molar refractivity (Wildman–Crippen MR) is 74.5 cm³/mol. The maximum absolute atomic E-state index is 12.9. The van der Waals surface area contributed by atoms with Crippen molar-refractivity contribution in [3.63, 3.8) is 0 Å². The number of halogens is 1. The lowest BCUT2D eigenvalue weighted by Gasteiger charge is -2.13. The lowest BCUT2D eigenvalue weighted by molar-refractivity contribution is 0.202. The van der Waals surface area contributed by atoms with Crippen molar-refractivity contribution in [3.05, 3.63) is 71.0 Å². The minimum Gasteiger partial charge on any atom is -0.384 e. The molecule has 3 heteroatoms. The molecule has 2 rings (SSSR count). The first-order chi connectivity index (χ1) is 9.20. The van der Waals surface area contributed by atoms with Crippen LogP contribution in [-0.4, -0.2) is 13.7 Å². The van der Waals surface area contributed by atoms with Gasteiger partial charge in [0.05, 0.1) is 12.6 Å². The third kappa shape index (κ3) is 3.63. The third-order valence-corrected chi connectivity index (χ3v) is 3.16. The van der Waals surface area contributed by atoms with Crippen LogP contribution in [0.2, 0.25) is 0 Å². The lowest BCUT2D eigenvalue weighted by atomic mass is 9.98. The van der Waals surface area contributed by atoms with Gasteiger partial charge in [0.1, 0.15) is 5.82 Å². The fraction of sp³-hybridized carbons (Fsp3) is 0.250. The van der Waals surface area contributed by atoms with E-state index in [0.717, 1.165) is 17.5 Å². The highest BCUT2D eigenvalue weighted by molar-refractivity contribution is 5.33. The summed E-state index contributed by atoms with van der Waals surface area (Å²) in [5.41, 5.74) is 9.32. The fourth-order valence-electron chi connectivity index (χ4n) is 1.97. The van der Waals surface area contributed by atoms with Crippen molar-refractivity contribution in [3.8, 4) is 0 Å². The summed E-state index contributed by atoms with van der Waals surface area (Å²) in [7, 11) is 1.69. The van der Waals surface area contributed by atoms with Crippen LogP contribution in [0.3, 0.4) is 0 Å². The Labute approximate surface area is 113 Å². The largest absolute Gasteiger partial charge is 0.384 e. The summed E-state index contributed by atoms with van der Waals surface area (Å²) in [5.74, 6) is -0.245. The molecule has 0 aliphatic carbocycles. The molecule has 2 nitrogen and oxygen atoms in total. The zero-order valence-corrected chi connectivity index (χ0v) is 11.0. The second kappa shape index (κ2) is 6.45. The number of methoxy groups -OCH3 is 1. The average molecular weight is 259 g/mol. The highest BCUT2D eigenvalue weighted by atomic mass is 19.1. The van der Waals surface area contributed by atoms with Crippen molar-refractivity contribution in [1.82, 2.24) is 0 Å². The van der Waals surface area contributed by atoms with Crippen LogP contribution in [-0.2, 0) is 11.2 Å². The Kier molecular flexibility index (Phi) is 4.66. The highest BCUT2D eigenvalue weighted by Crippen LogP contribution is 2.20. The number of benzene rings is 2. The zero-order valence-electron chi connectivity index (χ0n) is 11.0. The molecule has 1 atom stereocenters. The van der Waals surface area contributed by atoms with E-state index < -0.39 is 0 Å². The van der Waals surface area contributed by atoms with E-state index in [1.807, 2.05) is 12.1 Å². The lowest BCUT2D eigenvalue weighted by Crippen LogP contribution is -2.11. The first kappa shape index (κ1) is 13.7. The summed E-state index contributed by atoms with van der Waals surface area (Å²) in [5, 5.41) is 0. The summed E-state index contributed by atoms with van der Waals surface area (Å²) >= 11 is 0. The van der Waals surface area contributed by atoms with Gasteiger partial charge < -0.3 is 10.5 Å². The summed E-state index contributed by atoms with van der Waals surface area (Å²) in [6.07, 6.45) is 0.891. The van der Waals surface area contributed by atoms with Crippen LogP contribution >= 0.6 is 0 Å². The Bertz CT molecular complexity index is 507. The van der Waals surface area contributed by atoms with Crippen molar-refractivity contribution in [2.45, 2.75) is 12.5 Å². The second-order valence-electron chi connectivity index (χ2n) is 4.51. The van der Waals surface area contributed by atoms with Gasteiger partial charge in [-0.25, -0.2) is 4.39 Å². The molecule has 100 valence electrons. The van der Waals surface area contributed by atoms with Gasteiger partial charge in [-0.15, -0.1) is 0 Å². The van der Waals surface area contributed by atoms with E-state index in [1.165, 1.54) is 17.7 Å². The monoisotopic (exact) mass is 259 g/mol. The molecule has 0 amide bonds. The van der Waals surface area contributed by atoms with Crippen molar-refractivity contribution in [2.75, 3.05) is 13.7 Å². The smallest absolute Gasteiger partial charge is 0.123 e. The van der Waals surface area contributed by atoms with Crippen molar-refractivity contribution in [1.29, 1.82) is 0 Å². The van der Waals surface area contributed by atoms with Crippen LogP contribution in [0.5, 0.6) is 0 Å². The van der Waals surface area contributed by atoms with E-state index in [2.05, 4.69) is 12.1 Å². The Hall–Kier alpha value is -1.71. The van der Waals surface area contributed by atoms with E-state index in [-0.39, 0.29) is 11.9 Å². The quantitative estimate of drug-likeness (QED) is 0.895. The van der Waals surface area contributed by atoms with Crippen molar-refractivity contribution >= 4 is 0 Å². The molecule has 2 aromatic rings. The predicted octanol–water partition coefficient (Wildman–Crippen LogP) is 3.06. The molecule has 0 aliphatic rings. The van der Waals surface area contributed by atoms with Crippen LogP contribution in [0.4, 0.5) is 4.39 Å². The minimum absolute atomic E-state index is 0.225.